The summed E-state index contributed by atoms with van der Waals surface area (Å²) in [6.07, 6.45) is 4.36. The molecule has 10 nitrogen and oxygen atoms in total. The Morgan fingerprint density at radius 1 is 1.07 bits per heavy atom. The van der Waals surface area contributed by atoms with Crippen molar-refractivity contribution in [1.82, 2.24) is 24.8 Å². The van der Waals surface area contributed by atoms with Gasteiger partial charge in [-0.05, 0) is 63.0 Å². The maximum atomic E-state index is 15.2. The number of carbonyl (C=O) groups excluding carboxylic acids is 1. The highest BCUT2D eigenvalue weighted by Crippen LogP contribution is 2.39. The van der Waals surface area contributed by atoms with Crippen molar-refractivity contribution < 1.29 is 18.7 Å². The molecule has 4 rings (SSSR count). The predicted octanol–water partition coefficient (Wildman–Crippen LogP) is 4.95. The minimum absolute atomic E-state index is 0.0151. The van der Waals surface area contributed by atoms with Crippen LogP contribution in [0.2, 0.25) is 0 Å². The molecular formula is C29H30FN7O3. The highest BCUT2D eigenvalue weighted by Gasteiger charge is 2.18. The van der Waals surface area contributed by atoms with Crippen molar-refractivity contribution in [2.24, 2.45) is 0 Å². The van der Waals surface area contributed by atoms with Crippen molar-refractivity contribution in [2.75, 3.05) is 44.9 Å². The van der Waals surface area contributed by atoms with Crippen LogP contribution in [0.1, 0.15) is 5.69 Å². The van der Waals surface area contributed by atoms with Gasteiger partial charge in [0.25, 0.3) is 0 Å². The van der Waals surface area contributed by atoms with Crippen molar-refractivity contribution in [3.8, 4) is 39.9 Å². The molecule has 0 unspecified atom stereocenters. The Kier molecular flexibility index (Phi) is 8.97. The maximum absolute atomic E-state index is 15.2. The number of nitrogens with one attached hydrogen (secondary N) is 2. The first-order valence-corrected chi connectivity index (χ1v) is 12.4. The number of carbonyl (C=O) groups is 1. The predicted molar refractivity (Wildman–Crippen MR) is 152 cm³/mol. The van der Waals surface area contributed by atoms with Crippen LogP contribution in [0.4, 0.5) is 16.0 Å². The number of halogens is 1. The summed E-state index contributed by atoms with van der Waals surface area (Å²) in [6.45, 7) is 6.67. The van der Waals surface area contributed by atoms with Gasteiger partial charge in [0.1, 0.15) is 5.75 Å². The molecule has 0 fully saturated rings. The van der Waals surface area contributed by atoms with Gasteiger partial charge in [0, 0.05) is 54.1 Å². The molecule has 206 valence electrons. The number of ether oxygens (including phenoxy) is 2. The first kappa shape index (κ1) is 28.1. The van der Waals surface area contributed by atoms with Gasteiger partial charge in [-0.1, -0.05) is 12.6 Å². The molecule has 2 heterocycles. The van der Waals surface area contributed by atoms with E-state index in [2.05, 4.69) is 32.2 Å². The van der Waals surface area contributed by atoms with Crippen LogP contribution in [0.5, 0.6) is 17.5 Å². The molecule has 4 aromatic rings. The smallest absolute Gasteiger partial charge is 0.322 e. The number of methoxy groups -OCH3 is 1. The number of amides is 1. The van der Waals surface area contributed by atoms with Crippen LogP contribution in [0, 0.1) is 12.7 Å². The van der Waals surface area contributed by atoms with E-state index in [0.717, 1.165) is 6.54 Å². The molecule has 0 aliphatic carbocycles. The summed E-state index contributed by atoms with van der Waals surface area (Å²) in [4.78, 5) is 31.3. The third-order valence-corrected chi connectivity index (χ3v) is 5.76. The number of likely N-dealkylation sites (N-methyl/N-ethyl adjacent to an activating group) is 1. The number of aryl methyl sites for hydroxylation is 1. The lowest BCUT2D eigenvalue weighted by molar-refractivity contribution is -0.111. The van der Waals surface area contributed by atoms with Gasteiger partial charge in [0.2, 0.25) is 11.9 Å². The average Bonchev–Trinajstić information content (AvgIpc) is 2.94. The normalized spacial score (nSPS) is 10.8. The molecule has 0 spiro atoms. The molecule has 0 atom stereocenters. The fourth-order valence-electron chi connectivity index (χ4n) is 3.76. The number of nitrogens with zero attached hydrogens (tertiary/aromatic N) is 5. The van der Waals surface area contributed by atoms with Gasteiger partial charge in [0.05, 0.1) is 12.8 Å². The van der Waals surface area contributed by atoms with Gasteiger partial charge in [-0.15, -0.1) is 0 Å². The van der Waals surface area contributed by atoms with Crippen LogP contribution in [-0.2, 0) is 4.79 Å². The third-order valence-electron chi connectivity index (χ3n) is 5.76. The zero-order chi connectivity index (χ0) is 28.6. The number of benzene rings is 2. The van der Waals surface area contributed by atoms with Crippen LogP contribution < -0.4 is 20.1 Å². The fourth-order valence-corrected chi connectivity index (χ4v) is 3.76. The Bertz CT molecular complexity index is 1530. The lowest BCUT2D eigenvalue weighted by Crippen LogP contribution is -2.21. The molecule has 0 radical (unpaired) electrons. The molecule has 11 heteroatoms. The van der Waals surface area contributed by atoms with E-state index in [1.807, 2.05) is 19.0 Å². The number of anilines is 2. The lowest BCUT2D eigenvalue weighted by Gasteiger charge is -2.16. The summed E-state index contributed by atoms with van der Waals surface area (Å²) in [6, 6.07) is 11.5. The molecular weight excluding hydrogens is 513 g/mol. The molecule has 0 aliphatic rings. The van der Waals surface area contributed by atoms with E-state index >= 15 is 4.39 Å². The Morgan fingerprint density at radius 2 is 1.90 bits per heavy atom. The van der Waals surface area contributed by atoms with E-state index in [0.29, 0.717) is 52.0 Å². The average molecular weight is 544 g/mol. The van der Waals surface area contributed by atoms with Gasteiger partial charge < -0.3 is 25.0 Å². The first-order chi connectivity index (χ1) is 19.3. The second-order valence-electron chi connectivity index (χ2n) is 9.02. The van der Waals surface area contributed by atoms with E-state index < -0.39 is 5.82 Å². The van der Waals surface area contributed by atoms with Crippen LogP contribution in [0.25, 0.3) is 22.4 Å². The van der Waals surface area contributed by atoms with Gasteiger partial charge >= 0.3 is 6.01 Å². The van der Waals surface area contributed by atoms with Crippen molar-refractivity contribution in [1.29, 1.82) is 0 Å². The molecule has 0 saturated heterocycles. The number of rotatable bonds is 11. The van der Waals surface area contributed by atoms with Crippen LogP contribution in [-0.4, -0.2) is 65.0 Å². The second kappa shape index (κ2) is 12.8. The summed E-state index contributed by atoms with van der Waals surface area (Å²) in [5.74, 6) is -0.101. The molecule has 2 N–H and O–H groups in total. The van der Waals surface area contributed by atoms with Gasteiger partial charge in [-0.3, -0.25) is 4.79 Å². The van der Waals surface area contributed by atoms with Gasteiger partial charge in [-0.2, -0.15) is 0 Å². The van der Waals surface area contributed by atoms with Crippen LogP contribution in [0.3, 0.4) is 0 Å². The van der Waals surface area contributed by atoms with Crippen molar-refractivity contribution >= 4 is 17.5 Å². The summed E-state index contributed by atoms with van der Waals surface area (Å²) in [5, 5.41) is 5.94. The highest BCUT2D eigenvalue weighted by atomic mass is 19.1. The van der Waals surface area contributed by atoms with E-state index in [4.69, 9.17) is 14.5 Å². The van der Waals surface area contributed by atoms with E-state index in [-0.39, 0.29) is 17.7 Å². The first-order valence-electron chi connectivity index (χ1n) is 12.4. The largest absolute Gasteiger partial charge is 0.496 e. The lowest BCUT2D eigenvalue weighted by atomic mass is 9.99. The highest BCUT2D eigenvalue weighted by molar-refractivity contribution is 5.99. The van der Waals surface area contributed by atoms with E-state index in [1.54, 1.807) is 49.6 Å². The minimum atomic E-state index is -0.601. The standard InChI is InChI=1S/C29H30FN7O3/c1-6-26(38)35-20-8-9-21(25(16-20)39-5)27-22(17-33-28(36-27)31-13-14-37(3)4)19-7-10-24(23(30)15-19)40-29-32-12-11-18(2)34-29/h6-12,15-17H,1,13-14H2,2-5H3,(H,35,38)(H,31,33,36). The van der Waals surface area contributed by atoms with Crippen LogP contribution >= 0.6 is 0 Å². The van der Waals surface area contributed by atoms with Crippen molar-refractivity contribution in [2.45, 2.75) is 6.92 Å². The van der Waals surface area contributed by atoms with Crippen molar-refractivity contribution in [3.05, 3.63) is 79.0 Å². The summed E-state index contributed by atoms with van der Waals surface area (Å²) >= 11 is 0. The Balaban J connectivity index is 1.75. The third kappa shape index (κ3) is 6.94. The Morgan fingerprint density at radius 3 is 2.60 bits per heavy atom. The SMILES string of the molecule is C=CC(=O)Nc1ccc(-c2nc(NCCN(C)C)ncc2-c2ccc(Oc3nccc(C)n3)c(F)c2)c(OC)c1. The molecule has 0 bridgehead atoms. The quantitative estimate of drug-likeness (QED) is 0.254. The molecule has 2 aromatic heterocycles. The maximum Gasteiger partial charge on any atom is 0.322 e. The van der Waals surface area contributed by atoms with Crippen LogP contribution in [0.15, 0.2) is 67.5 Å². The van der Waals surface area contributed by atoms with Crippen molar-refractivity contribution in [3.63, 3.8) is 0 Å². The zero-order valence-electron chi connectivity index (χ0n) is 22.7. The number of hydrogen-bond acceptors (Lipinski definition) is 9. The monoisotopic (exact) mass is 543 g/mol. The Labute approximate surface area is 231 Å². The van der Waals surface area contributed by atoms with Gasteiger partial charge in [-0.25, -0.2) is 24.3 Å². The minimum Gasteiger partial charge on any atom is -0.496 e. The topological polar surface area (TPSA) is 114 Å². The van der Waals surface area contributed by atoms with Gasteiger partial charge in [0.15, 0.2) is 11.6 Å². The summed E-state index contributed by atoms with van der Waals surface area (Å²) < 4.78 is 26.4. The molecule has 40 heavy (non-hydrogen) atoms. The van der Waals surface area contributed by atoms with E-state index in [1.165, 1.54) is 25.3 Å². The molecule has 0 aliphatic heterocycles. The number of aromatic nitrogens is 4. The summed E-state index contributed by atoms with van der Waals surface area (Å²) in [7, 11) is 5.47. The number of hydrogen-bond donors (Lipinski definition) is 2. The second-order valence-corrected chi connectivity index (χ2v) is 9.02. The Hall–Kier alpha value is -4.90. The summed E-state index contributed by atoms with van der Waals surface area (Å²) in [5.41, 5.74) is 3.45. The fraction of sp³-hybridized carbons (Fsp3) is 0.207. The van der Waals surface area contributed by atoms with E-state index in [9.17, 15) is 4.79 Å². The molecule has 0 saturated carbocycles. The molecule has 1 amide bonds. The molecule has 2 aromatic carbocycles. The zero-order valence-corrected chi connectivity index (χ0v) is 22.7.